The molecule has 1 amide bonds. The van der Waals surface area contributed by atoms with Crippen molar-refractivity contribution < 1.29 is 14.3 Å². The Kier molecular flexibility index (Phi) is 7.50. The number of hydrogen-bond donors (Lipinski definition) is 1. The van der Waals surface area contributed by atoms with Crippen LogP contribution in [-0.4, -0.2) is 19.5 Å². The van der Waals surface area contributed by atoms with Crippen LogP contribution in [0.3, 0.4) is 0 Å². The quantitative estimate of drug-likeness (QED) is 0.872. The van der Waals surface area contributed by atoms with Crippen LogP contribution in [0.2, 0.25) is 4.34 Å². The minimum atomic E-state index is -0.0159. The van der Waals surface area contributed by atoms with Gasteiger partial charge in [-0.15, -0.1) is 11.3 Å². The highest BCUT2D eigenvalue weighted by Crippen LogP contribution is 2.30. The number of ether oxygens (including phenoxy) is 1. The summed E-state index contributed by atoms with van der Waals surface area (Å²) in [7, 11) is 1.31. The fraction of sp³-hybridized carbons (Fsp3) is 0.200. The zero-order valence-electron chi connectivity index (χ0n) is 11.8. The minimum Gasteiger partial charge on any atom is -0.471 e. The standard InChI is InChI=1S/C13H12ClNOS.C2H4O2/c1-9-7-11(14)17-13(9)15-12(16)8-10-5-3-2-4-6-10;1-4-2-3/h2-7H,8H2,1H3,(H,15,16);2H,1H3. The molecule has 0 unspecified atom stereocenters. The minimum absolute atomic E-state index is 0.0159. The van der Waals surface area contributed by atoms with Crippen molar-refractivity contribution in [1.29, 1.82) is 0 Å². The maximum absolute atomic E-state index is 11.8. The van der Waals surface area contributed by atoms with Gasteiger partial charge in [0, 0.05) is 0 Å². The molecule has 0 saturated carbocycles. The number of hydrogen-bond acceptors (Lipinski definition) is 4. The summed E-state index contributed by atoms with van der Waals surface area (Å²) in [6, 6.07) is 11.5. The van der Waals surface area contributed by atoms with Crippen molar-refractivity contribution in [3.8, 4) is 0 Å². The number of halogens is 1. The van der Waals surface area contributed by atoms with E-state index in [1.165, 1.54) is 18.4 Å². The Morgan fingerprint density at radius 1 is 1.38 bits per heavy atom. The highest BCUT2D eigenvalue weighted by Gasteiger charge is 2.08. The van der Waals surface area contributed by atoms with Crippen LogP contribution in [0.1, 0.15) is 11.1 Å². The summed E-state index contributed by atoms with van der Waals surface area (Å²) in [5.41, 5.74) is 2.01. The van der Waals surface area contributed by atoms with Crippen LogP contribution in [0.25, 0.3) is 0 Å². The van der Waals surface area contributed by atoms with Crippen LogP contribution >= 0.6 is 22.9 Å². The Bertz CT molecular complexity index is 584. The molecule has 0 atom stereocenters. The van der Waals surface area contributed by atoms with E-state index in [1.807, 2.05) is 43.3 Å². The van der Waals surface area contributed by atoms with E-state index in [4.69, 9.17) is 16.4 Å². The number of amides is 1. The van der Waals surface area contributed by atoms with Crippen LogP contribution in [0, 0.1) is 6.92 Å². The zero-order valence-corrected chi connectivity index (χ0v) is 13.3. The first-order valence-electron chi connectivity index (χ1n) is 6.13. The number of aryl methyl sites for hydroxylation is 1. The van der Waals surface area contributed by atoms with E-state index in [0.29, 0.717) is 17.2 Å². The van der Waals surface area contributed by atoms with Crippen molar-refractivity contribution >= 4 is 40.3 Å². The van der Waals surface area contributed by atoms with E-state index in [1.54, 1.807) is 0 Å². The lowest BCUT2D eigenvalue weighted by Gasteiger charge is -2.03. The average Bonchev–Trinajstić information content (AvgIpc) is 2.78. The average molecular weight is 326 g/mol. The molecule has 1 heterocycles. The van der Waals surface area contributed by atoms with Gasteiger partial charge in [0.05, 0.1) is 22.9 Å². The van der Waals surface area contributed by atoms with Crippen molar-refractivity contribution in [2.45, 2.75) is 13.3 Å². The number of methoxy groups -OCH3 is 1. The molecule has 4 nitrogen and oxygen atoms in total. The first-order valence-corrected chi connectivity index (χ1v) is 7.32. The van der Waals surface area contributed by atoms with Gasteiger partial charge < -0.3 is 10.1 Å². The monoisotopic (exact) mass is 325 g/mol. The lowest BCUT2D eigenvalue weighted by molar-refractivity contribution is -0.126. The number of rotatable bonds is 4. The summed E-state index contributed by atoms with van der Waals surface area (Å²) >= 11 is 7.26. The summed E-state index contributed by atoms with van der Waals surface area (Å²) < 4.78 is 4.55. The van der Waals surface area contributed by atoms with Gasteiger partial charge in [-0.05, 0) is 24.1 Å². The predicted molar refractivity (Wildman–Crippen MR) is 85.9 cm³/mol. The third-order valence-corrected chi connectivity index (χ3v) is 3.73. The number of benzene rings is 1. The smallest absolute Gasteiger partial charge is 0.292 e. The molecular weight excluding hydrogens is 310 g/mol. The van der Waals surface area contributed by atoms with Gasteiger partial charge in [0.25, 0.3) is 6.47 Å². The Morgan fingerprint density at radius 3 is 2.48 bits per heavy atom. The van der Waals surface area contributed by atoms with Gasteiger partial charge in [0.2, 0.25) is 5.91 Å². The summed E-state index contributed by atoms with van der Waals surface area (Å²) in [4.78, 5) is 20.7. The Balaban J connectivity index is 0.000000491. The molecule has 0 fully saturated rings. The van der Waals surface area contributed by atoms with Crippen molar-refractivity contribution in [1.82, 2.24) is 0 Å². The molecule has 1 aromatic carbocycles. The van der Waals surface area contributed by atoms with Crippen molar-refractivity contribution in [2.24, 2.45) is 0 Å². The third-order valence-electron chi connectivity index (χ3n) is 2.44. The SMILES string of the molecule is COC=O.Cc1cc(Cl)sc1NC(=O)Cc1ccccc1. The van der Waals surface area contributed by atoms with Gasteiger partial charge >= 0.3 is 0 Å². The van der Waals surface area contributed by atoms with Crippen molar-refractivity contribution in [2.75, 3.05) is 12.4 Å². The molecule has 0 saturated heterocycles. The van der Waals surface area contributed by atoms with E-state index in [9.17, 15) is 4.79 Å². The second kappa shape index (κ2) is 9.15. The molecule has 0 aliphatic heterocycles. The number of nitrogens with one attached hydrogen (secondary N) is 1. The lowest BCUT2D eigenvalue weighted by Crippen LogP contribution is -2.13. The fourth-order valence-electron chi connectivity index (χ4n) is 1.52. The van der Waals surface area contributed by atoms with Gasteiger partial charge in [-0.25, -0.2) is 0 Å². The van der Waals surface area contributed by atoms with E-state index >= 15 is 0 Å². The summed E-state index contributed by atoms with van der Waals surface area (Å²) in [5, 5.41) is 3.70. The fourth-order valence-corrected chi connectivity index (χ4v) is 2.73. The molecule has 0 bridgehead atoms. The van der Waals surface area contributed by atoms with Crippen LogP contribution in [0.4, 0.5) is 5.00 Å². The molecule has 1 aromatic heterocycles. The van der Waals surface area contributed by atoms with Gasteiger partial charge in [0.1, 0.15) is 0 Å². The second-order valence-electron chi connectivity index (χ2n) is 4.11. The Labute approximate surface area is 132 Å². The molecular formula is C15H16ClNO3S. The summed E-state index contributed by atoms with van der Waals surface area (Å²) in [5.74, 6) is -0.0159. The van der Waals surface area contributed by atoms with Gasteiger partial charge in [-0.1, -0.05) is 41.9 Å². The molecule has 21 heavy (non-hydrogen) atoms. The van der Waals surface area contributed by atoms with Crippen LogP contribution in [0.5, 0.6) is 0 Å². The third kappa shape index (κ3) is 6.42. The van der Waals surface area contributed by atoms with E-state index in [-0.39, 0.29) is 5.91 Å². The first-order chi connectivity index (χ1) is 10.1. The summed E-state index contributed by atoms with van der Waals surface area (Å²) in [6.45, 7) is 2.31. The molecule has 0 radical (unpaired) electrons. The largest absolute Gasteiger partial charge is 0.471 e. The molecule has 2 rings (SSSR count). The van der Waals surface area contributed by atoms with Crippen LogP contribution in [-0.2, 0) is 20.7 Å². The number of carbonyl (C=O) groups excluding carboxylic acids is 2. The van der Waals surface area contributed by atoms with E-state index < -0.39 is 0 Å². The van der Waals surface area contributed by atoms with Crippen molar-refractivity contribution in [3.05, 3.63) is 51.9 Å². The highest BCUT2D eigenvalue weighted by atomic mass is 35.5. The Morgan fingerprint density at radius 2 is 2.00 bits per heavy atom. The number of carbonyl (C=O) groups is 2. The highest BCUT2D eigenvalue weighted by molar-refractivity contribution is 7.20. The van der Waals surface area contributed by atoms with Gasteiger partial charge in [-0.3, -0.25) is 9.59 Å². The molecule has 0 aliphatic carbocycles. The maximum atomic E-state index is 11.8. The molecule has 1 N–H and O–H groups in total. The molecule has 0 spiro atoms. The molecule has 2 aromatic rings. The topological polar surface area (TPSA) is 55.4 Å². The van der Waals surface area contributed by atoms with Crippen molar-refractivity contribution in [3.63, 3.8) is 0 Å². The number of anilines is 1. The van der Waals surface area contributed by atoms with Crippen LogP contribution in [0.15, 0.2) is 36.4 Å². The Hall–Kier alpha value is -1.85. The van der Waals surface area contributed by atoms with E-state index in [0.717, 1.165) is 16.1 Å². The first kappa shape index (κ1) is 17.2. The number of thiophene rings is 1. The summed E-state index contributed by atoms with van der Waals surface area (Å²) in [6.07, 6.45) is 0.385. The predicted octanol–water partition coefficient (Wildman–Crippen LogP) is 3.68. The lowest BCUT2D eigenvalue weighted by atomic mass is 10.1. The molecule has 112 valence electrons. The van der Waals surface area contributed by atoms with E-state index in [2.05, 4.69) is 10.1 Å². The molecule has 6 heteroatoms. The van der Waals surface area contributed by atoms with Gasteiger partial charge in [-0.2, -0.15) is 0 Å². The van der Waals surface area contributed by atoms with Gasteiger partial charge in [0.15, 0.2) is 0 Å². The zero-order chi connectivity index (χ0) is 15.7. The normalized spacial score (nSPS) is 9.29. The van der Waals surface area contributed by atoms with Crippen LogP contribution < -0.4 is 5.32 Å². The molecule has 0 aliphatic rings. The maximum Gasteiger partial charge on any atom is 0.292 e. The second-order valence-corrected chi connectivity index (χ2v) is 5.79.